The highest BCUT2D eigenvalue weighted by molar-refractivity contribution is 5.92. The van der Waals surface area contributed by atoms with Crippen LogP contribution in [0, 0.1) is 11.6 Å². The van der Waals surface area contributed by atoms with Crippen LogP contribution in [0.15, 0.2) is 60.3 Å². The monoisotopic (exact) mass is 468 g/mol. The molecular formula is C25H26F2N4O3. The van der Waals surface area contributed by atoms with E-state index in [1.165, 1.54) is 19.2 Å². The highest BCUT2D eigenvalue weighted by Crippen LogP contribution is 2.25. The van der Waals surface area contributed by atoms with Crippen molar-refractivity contribution >= 4 is 28.9 Å². The van der Waals surface area contributed by atoms with Gasteiger partial charge in [0.2, 0.25) is 5.95 Å². The van der Waals surface area contributed by atoms with Gasteiger partial charge in [-0.05, 0) is 49.8 Å². The normalized spacial score (nSPS) is 10.5. The van der Waals surface area contributed by atoms with E-state index < -0.39 is 11.6 Å². The van der Waals surface area contributed by atoms with E-state index >= 15 is 0 Å². The van der Waals surface area contributed by atoms with Gasteiger partial charge in [-0.25, -0.2) is 13.8 Å². The van der Waals surface area contributed by atoms with Crippen LogP contribution in [0.2, 0.25) is 0 Å². The minimum Gasteiger partial charge on any atom is -0.488 e. The Bertz CT molecular complexity index is 1180. The van der Waals surface area contributed by atoms with Crippen LogP contribution in [0.1, 0.15) is 19.4 Å². The molecule has 0 aliphatic carbocycles. The number of anilines is 4. The van der Waals surface area contributed by atoms with Crippen molar-refractivity contribution in [3.05, 3.63) is 77.5 Å². The van der Waals surface area contributed by atoms with Gasteiger partial charge in [-0.1, -0.05) is 17.7 Å². The number of ether oxygens (including phenoxy) is 2. The van der Waals surface area contributed by atoms with Crippen LogP contribution >= 0.6 is 0 Å². The van der Waals surface area contributed by atoms with Crippen molar-refractivity contribution in [2.75, 3.05) is 31.0 Å². The summed E-state index contributed by atoms with van der Waals surface area (Å²) in [6.45, 7) is 4.28. The summed E-state index contributed by atoms with van der Waals surface area (Å²) in [4.78, 5) is 20.1. The molecule has 3 aromatic rings. The van der Waals surface area contributed by atoms with Gasteiger partial charge in [0.1, 0.15) is 6.61 Å². The Morgan fingerprint density at radius 3 is 2.56 bits per heavy atom. The van der Waals surface area contributed by atoms with Gasteiger partial charge >= 0.3 is 0 Å². The van der Waals surface area contributed by atoms with Crippen LogP contribution in [-0.4, -0.2) is 36.1 Å². The number of carbonyl (C=O) groups is 1. The van der Waals surface area contributed by atoms with Gasteiger partial charge in [0, 0.05) is 31.0 Å². The lowest BCUT2D eigenvalue weighted by Gasteiger charge is -2.11. The number of halogens is 2. The van der Waals surface area contributed by atoms with Crippen LogP contribution in [0.5, 0.6) is 5.75 Å². The van der Waals surface area contributed by atoms with Crippen LogP contribution in [0.25, 0.3) is 0 Å². The first kappa shape index (κ1) is 24.8. The molecule has 0 aliphatic rings. The maximum atomic E-state index is 14.3. The molecule has 0 aliphatic heterocycles. The molecule has 0 amide bonds. The maximum Gasteiger partial charge on any atom is 0.229 e. The summed E-state index contributed by atoms with van der Waals surface area (Å²) in [6.07, 6.45) is 2.83. The Morgan fingerprint density at radius 2 is 1.82 bits per heavy atom. The summed E-state index contributed by atoms with van der Waals surface area (Å²) in [5.74, 6) is -1.14. The molecule has 0 fully saturated rings. The average Bonchev–Trinajstić information content (AvgIpc) is 2.77. The summed E-state index contributed by atoms with van der Waals surface area (Å²) < 4.78 is 38.8. The zero-order chi connectivity index (χ0) is 24.5. The van der Waals surface area contributed by atoms with Crippen molar-refractivity contribution in [3.63, 3.8) is 0 Å². The van der Waals surface area contributed by atoms with Crippen LogP contribution in [0.4, 0.5) is 31.9 Å². The molecule has 9 heteroatoms. The van der Waals surface area contributed by atoms with Gasteiger partial charge in [0.15, 0.2) is 29.0 Å². The quantitative estimate of drug-likeness (QED) is 0.290. The third-order valence-electron chi connectivity index (χ3n) is 4.49. The third kappa shape index (κ3) is 7.35. The number of nitrogens with one attached hydrogen (secondary N) is 2. The molecule has 0 saturated heterocycles. The minimum absolute atomic E-state index is 0.0146. The number of carbonyl (C=O) groups excluding carboxylic acids is 1. The first-order valence-electron chi connectivity index (χ1n) is 10.6. The number of allylic oxidation sites excluding steroid dienone is 2. The van der Waals surface area contributed by atoms with Gasteiger partial charge < -0.3 is 20.1 Å². The van der Waals surface area contributed by atoms with E-state index in [0.29, 0.717) is 18.0 Å². The fourth-order valence-corrected chi connectivity index (χ4v) is 3.04. The molecule has 178 valence electrons. The first-order valence-corrected chi connectivity index (χ1v) is 10.6. The standard InChI is InChI=1S/C25H26F2N4O3/c1-16(2)11-20(32)13-17-5-4-6-18(12-17)29-24-22(27)15-28-25(31-24)30-19-7-8-23(21(26)14-19)34-10-9-33-3/h4-8,11-12,14-15H,9-10,13H2,1-3H3,(H2,28,29,30,31). The van der Waals surface area contributed by atoms with Crippen molar-refractivity contribution in [2.45, 2.75) is 20.3 Å². The molecule has 7 nitrogen and oxygen atoms in total. The lowest BCUT2D eigenvalue weighted by Crippen LogP contribution is -2.06. The third-order valence-corrected chi connectivity index (χ3v) is 4.49. The van der Waals surface area contributed by atoms with E-state index in [4.69, 9.17) is 9.47 Å². The summed E-state index contributed by atoms with van der Waals surface area (Å²) in [5, 5.41) is 5.75. The van der Waals surface area contributed by atoms with Gasteiger partial charge in [-0.15, -0.1) is 0 Å². The van der Waals surface area contributed by atoms with Gasteiger partial charge in [-0.3, -0.25) is 4.79 Å². The largest absolute Gasteiger partial charge is 0.488 e. The second kappa shape index (κ2) is 11.9. The van der Waals surface area contributed by atoms with Gasteiger partial charge in [-0.2, -0.15) is 4.98 Å². The molecule has 2 N–H and O–H groups in total. The number of hydrogen-bond acceptors (Lipinski definition) is 7. The first-order chi connectivity index (χ1) is 16.3. The van der Waals surface area contributed by atoms with Crippen LogP contribution in [-0.2, 0) is 16.0 Å². The molecule has 0 unspecified atom stereocenters. The van der Waals surface area contributed by atoms with Gasteiger partial charge in [0.05, 0.1) is 12.8 Å². The highest BCUT2D eigenvalue weighted by atomic mass is 19.1. The van der Waals surface area contributed by atoms with Gasteiger partial charge in [0.25, 0.3) is 0 Å². The zero-order valence-corrected chi connectivity index (χ0v) is 19.2. The maximum absolute atomic E-state index is 14.3. The van der Waals surface area contributed by atoms with E-state index in [-0.39, 0.29) is 36.3 Å². The van der Waals surface area contributed by atoms with Crippen LogP contribution < -0.4 is 15.4 Å². The molecule has 1 aromatic heterocycles. The van der Waals surface area contributed by atoms with Crippen molar-refractivity contribution in [1.29, 1.82) is 0 Å². The molecule has 0 radical (unpaired) electrons. The van der Waals surface area contributed by atoms with Crippen LogP contribution in [0.3, 0.4) is 0 Å². The predicted molar refractivity (Wildman–Crippen MR) is 127 cm³/mol. The smallest absolute Gasteiger partial charge is 0.229 e. The molecule has 1 heterocycles. The topological polar surface area (TPSA) is 85.4 Å². The van der Waals surface area contributed by atoms with E-state index in [0.717, 1.165) is 17.3 Å². The van der Waals surface area contributed by atoms with E-state index in [1.54, 1.807) is 30.3 Å². The number of ketones is 1. The molecular weight excluding hydrogens is 442 g/mol. The molecule has 3 rings (SSSR count). The number of rotatable bonds is 11. The number of methoxy groups -OCH3 is 1. The van der Waals surface area contributed by atoms with Crippen molar-refractivity contribution in [1.82, 2.24) is 9.97 Å². The lowest BCUT2D eigenvalue weighted by molar-refractivity contribution is -0.114. The predicted octanol–water partition coefficient (Wildman–Crippen LogP) is 5.35. The fourth-order valence-electron chi connectivity index (χ4n) is 3.04. The van der Waals surface area contributed by atoms with E-state index in [1.807, 2.05) is 19.9 Å². The summed E-state index contributed by atoms with van der Waals surface area (Å²) >= 11 is 0. The number of hydrogen-bond donors (Lipinski definition) is 2. The summed E-state index contributed by atoms with van der Waals surface area (Å²) in [5.41, 5.74) is 2.64. The molecule has 34 heavy (non-hydrogen) atoms. The fraction of sp³-hybridized carbons (Fsp3) is 0.240. The minimum atomic E-state index is -0.662. The Hall–Kier alpha value is -3.85. The summed E-state index contributed by atoms with van der Waals surface area (Å²) in [6, 6.07) is 11.4. The second-order valence-electron chi connectivity index (χ2n) is 7.69. The lowest BCUT2D eigenvalue weighted by atomic mass is 10.1. The summed E-state index contributed by atoms with van der Waals surface area (Å²) in [7, 11) is 1.53. The van der Waals surface area contributed by atoms with Crippen molar-refractivity contribution in [2.24, 2.45) is 0 Å². The number of benzene rings is 2. The average molecular weight is 469 g/mol. The second-order valence-corrected chi connectivity index (χ2v) is 7.69. The highest BCUT2D eigenvalue weighted by Gasteiger charge is 2.11. The zero-order valence-electron chi connectivity index (χ0n) is 19.2. The molecule has 2 aromatic carbocycles. The number of aromatic nitrogens is 2. The molecule has 0 bridgehead atoms. The van der Waals surface area contributed by atoms with E-state index in [9.17, 15) is 13.6 Å². The van der Waals surface area contributed by atoms with Crippen molar-refractivity contribution in [3.8, 4) is 5.75 Å². The van der Waals surface area contributed by atoms with Crippen molar-refractivity contribution < 1.29 is 23.0 Å². The SMILES string of the molecule is COCCOc1ccc(Nc2ncc(F)c(Nc3cccc(CC(=O)C=C(C)C)c3)n2)cc1F. The Morgan fingerprint density at radius 1 is 1.03 bits per heavy atom. The molecule has 0 spiro atoms. The molecule has 0 saturated carbocycles. The Balaban J connectivity index is 1.71. The molecule has 0 atom stereocenters. The number of nitrogens with zero attached hydrogens (tertiary/aromatic N) is 2. The Labute approximate surface area is 196 Å². The Kier molecular flexibility index (Phi) is 8.64. The van der Waals surface area contributed by atoms with E-state index in [2.05, 4.69) is 20.6 Å².